The number of piperidine rings is 1. The van der Waals surface area contributed by atoms with E-state index in [1.165, 1.54) is 5.56 Å². The molecule has 0 aromatic heterocycles. The third-order valence-corrected chi connectivity index (χ3v) is 4.09. The monoisotopic (exact) mass is 321 g/mol. The van der Waals surface area contributed by atoms with Crippen molar-refractivity contribution in [3.63, 3.8) is 0 Å². The van der Waals surface area contributed by atoms with E-state index in [2.05, 4.69) is 16.0 Å². The number of methoxy groups -OCH3 is 1. The number of carbonyl (C=O) groups is 1. The molecule has 4 N–H and O–H groups in total. The standard InChI is InChI=1S/C17H27N3O3/c1-23-15-7-2-5-14(11-15)6-3-10-19-16(21)20-13-17(22)8-4-9-18-12-17/h2,5,7,11,18,22H,3-4,6,8-10,12-13H2,1H3,(H2,19,20,21). The van der Waals surface area contributed by atoms with Crippen molar-refractivity contribution in [2.45, 2.75) is 31.3 Å². The first-order chi connectivity index (χ1) is 11.1. The van der Waals surface area contributed by atoms with E-state index in [0.717, 1.165) is 38.0 Å². The Kier molecular flexibility index (Phi) is 6.67. The quantitative estimate of drug-likeness (QED) is 0.566. The summed E-state index contributed by atoms with van der Waals surface area (Å²) in [6.07, 6.45) is 3.38. The van der Waals surface area contributed by atoms with E-state index >= 15 is 0 Å². The number of β-amino-alcohol motifs (C(OH)–C–C–N with tert-alkyl or cyclic N) is 1. The van der Waals surface area contributed by atoms with Gasteiger partial charge in [0.05, 0.1) is 12.7 Å². The molecule has 0 bridgehead atoms. The maximum absolute atomic E-state index is 11.8. The Morgan fingerprint density at radius 3 is 3.04 bits per heavy atom. The Labute approximate surface area is 137 Å². The van der Waals surface area contributed by atoms with Crippen molar-refractivity contribution in [3.05, 3.63) is 29.8 Å². The lowest BCUT2D eigenvalue weighted by Crippen LogP contribution is -2.54. The van der Waals surface area contributed by atoms with Crippen LogP contribution in [0.5, 0.6) is 5.75 Å². The van der Waals surface area contributed by atoms with Gasteiger partial charge in [-0.1, -0.05) is 12.1 Å². The van der Waals surface area contributed by atoms with Crippen LogP contribution < -0.4 is 20.7 Å². The second kappa shape index (κ2) is 8.74. The molecule has 1 saturated heterocycles. The summed E-state index contributed by atoms with van der Waals surface area (Å²) in [6.45, 7) is 2.34. The van der Waals surface area contributed by atoms with E-state index in [1.807, 2.05) is 24.3 Å². The molecule has 0 saturated carbocycles. The normalized spacial score (nSPS) is 20.8. The van der Waals surface area contributed by atoms with Crippen molar-refractivity contribution in [1.82, 2.24) is 16.0 Å². The molecule has 1 aromatic rings. The van der Waals surface area contributed by atoms with Crippen molar-refractivity contribution in [3.8, 4) is 5.75 Å². The predicted molar refractivity (Wildman–Crippen MR) is 89.8 cm³/mol. The second-order valence-corrected chi connectivity index (χ2v) is 6.07. The minimum atomic E-state index is -0.823. The summed E-state index contributed by atoms with van der Waals surface area (Å²) in [5, 5.41) is 19.0. The molecule has 1 aromatic carbocycles. The number of aryl methyl sites for hydroxylation is 1. The number of carbonyl (C=O) groups excluding carboxylic acids is 1. The van der Waals surface area contributed by atoms with Crippen molar-refractivity contribution in [2.24, 2.45) is 0 Å². The molecule has 0 radical (unpaired) electrons. The number of nitrogens with one attached hydrogen (secondary N) is 3. The predicted octanol–water partition coefficient (Wildman–Crippen LogP) is 1.04. The van der Waals surface area contributed by atoms with Gasteiger partial charge in [-0.25, -0.2) is 4.79 Å². The van der Waals surface area contributed by atoms with Gasteiger partial charge in [0, 0.05) is 19.6 Å². The van der Waals surface area contributed by atoms with Crippen molar-refractivity contribution in [1.29, 1.82) is 0 Å². The zero-order valence-corrected chi connectivity index (χ0v) is 13.7. The molecule has 0 spiro atoms. The van der Waals surface area contributed by atoms with E-state index in [0.29, 0.717) is 13.1 Å². The summed E-state index contributed by atoms with van der Waals surface area (Å²) in [6, 6.07) is 7.71. The Balaban J connectivity index is 1.61. The van der Waals surface area contributed by atoms with Crippen LogP contribution in [-0.2, 0) is 6.42 Å². The third-order valence-electron chi connectivity index (χ3n) is 4.09. The molecule has 2 amide bonds. The summed E-state index contributed by atoms with van der Waals surface area (Å²) < 4.78 is 5.19. The lowest BCUT2D eigenvalue weighted by Gasteiger charge is -2.32. The van der Waals surface area contributed by atoms with E-state index in [9.17, 15) is 9.90 Å². The first-order valence-corrected chi connectivity index (χ1v) is 8.19. The van der Waals surface area contributed by atoms with Crippen LogP contribution >= 0.6 is 0 Å². The number of aliphatic hydroxyl groups is 1. The fraction of sp³-hybridized carbons (Fsp3) is 0.588. The SMILES string of the molecule is COc1cccc(CCCNC(=O)NCC2(O)CCCNC2)c1. The average Bonchev–Trinajstić information content (AvgIpc) is 2.58. The van der Waals surface area contributed by atoms with Crippen LogP contribution in [0.25, 0.3) is 0 Å². The van der Waals surface area contributed by atoms with Crippen molar-refractivity contribution in [2.75, 3.05) is 33.3 Å². The molecule has 1 heterocycles. The average molecular weight is 321 g/mol. The lowest BCUT2D eigenvalue weighted by molar-refractivity contribution is 0.0194. The summed E-state index contributed by atoms with van der Waals surface area (Å²) in [5.41, 5.74) is 0.366. The number of hydrogen-bond donors (Lipinski definition) is 4. The molecular weight excluding hydrogens is 294 g/mol. The highest BCUT2D eigenvalue weighted by Crippen LogP contribution is 2.15. The van der Waals surface area contributed by atoms with Crippen molar-refractivity contribution < 1.29 is 14.6 Å². The van der Waals surface area contributed by atoms with Gasteiger partial charge in [-0.15, -0.1) is 0 Å². The topological polar surface area (TPSA) is 82.6 Å². The second-order valence-electron chi connectivity index (χ2n) is 6.07. The van der Waals surface area contributed by atoms with Crippen LogP contribution in [-0.4, -0.2) is 50.0 Å². The highest BCUT2D eigenvalue weighted by Gasteiger charge is 2.29. The maximum Gasteiger partial charge on any atom is 0.314 e. The molecule has 23 heavy (non-hydrogen) atoms. The molecule has 0 aliphatic carbocycles. The van der Waals surface area contributed by atoms with Crippen LogP contribution in [0.1, 0.15) is 24.8 Å². The van der Waals surface area contributed by atoms with Crippen LogP contribution in [0, 0.1) is 0 Å². The lowest BCUT2D eigenvalue weighted by atomic mass is 9.94. The number of urea groups is 1. The molecule has 6 heteroatoms. The maximum atomic E-state index is 11.8. The molecule has 1 aliphatic heterocycles. The van der Waals surface area contributed by atoms with Crippen LogP contribution in [0.15, 0.2) is 24.3 Å². The first kappa shape index (κ1) is 17.6. The Hall–Kier alpha value is -1.79. The minimum Gasteiger partial charge on any atom is -0.497 e. The Bertz CT molecular complexity index is 502. The fourth-order valence-corrected chi connectivity index (χ4v) is 2.73. The number of ether oxygens (including phenoxy) is 1. The molecule has 6 nitrogen and oxygen atoms in total. The number of amides is 2. The van der Waals surface area contributed by atoms with E-state index in [1.54, 1.807) is 7.11 Å². The summed E-state index contributed by atoms with van der Waals surface area (Å²) in [5.74, 6) is 0.850. The van der Waals surface area contributed by atoms with Gasteiger partial charge in [0.2, 0.25) is 0 Å². The molecular formula is C17H27N3O3. The number of hydrogen-bond acceptors (Lipinski definition) is 4. The molecule has 128 valence electrons. The van der Waals surface area contributed by atoms with Crippen LogP contribution in [0.4, 0.5) is 4.79 Å². The van der Waals surface area contributed by atoms with E-state index in [-0.39, 0.29) is 12.6 Å². The molecule has 1 fully saturated rings. The van der Waals surface area contributed by atoms with Crippen LogP contribution in [0.3, 0.4) is 0 Å². The highest BCUT2D eigenvalue weighted by molar-refractivity contribution is 5.73. The minimum absolute atomic E-state index is 0.227. The summed E-state index contributed by atoms with van der Waals surface area (Å²) >= 11 is 0. The zero-order chi connectivity index (χ0) is 16.5. The van der Waals surface area contributed by atoms with Crippen LogP contribution in [0.2, 0.25) is 0 Å². The summed E-state index contributed by atoms with van der Waals surface area (Å²) in [7, 11) is 1.65. The van der Waals surface area contributed by atoms with E-state index < -0.39 is 5.60 Å². The summed E-state index contributed by atoms with van der Waals surface area (Å²) in [4.78, 5) is 11.8. The Morgan fingerprint density at radius 1 is 1.43 bits per heavy atom. The molecule has 1 aliphatic rings. The van der Waals surface area contributed by atoms with Gasteiger partial charge in [0.1, 0.15) is 5.75 Å². The van der Waals surface area contributed by atoms with Gasteiger partial charge >= 0.3 is 6.03 Å². The Morgan fingerprint density at radius 2 is 2.30 bits per heavy atom. The zero-order valence-electron chi connectivity index (χ0n) is 13.7. The van der Waals surface area contributed by atoms with Gasteiger partial charge in [-0.3, -0.25) is 0 Å². The molecule has 1 atom stereocenters. The van der Waals surface area contributed by atoms with Crippen molar-refractivity contribution >= 4 is 6.03 Å². The van der Waals surface area contributed by atoms with Gasteiger partial charge < -0.3 is 25.8 Å². The third kappa shape index (κ3) is 6.08. The van der Waals surface area contributed by atoms with E-state index in [4.69, 9.17) is 4.74 Å². The fourth-order valence-electron chi connectivity index (χ4n) is 2.73. The molecule has 1 unspecified atom stereocenters. The highest BCUT2D eigenvalue weighted by atomic mass is 16.5. The molecule has 2 rings (SSSR count). The smallest absolute Gasteiger partial charge is 0.314 e. The van der Waals surface area contributed by atoms with Gasteiger partial charge in [-0.2, -0.15) is 0 Å². The van der Waals surface area contributed by atoms with Gasteiger partial charge in [-0.05, 0) is 49.9 Å². The van der Waals surface area contributed by atoms with Gasteiger partial charge in [0.25, 0.3) is 0 Å². The first-order valence-electron chi connectivity index (χ1n) is 8.19. The largest absolute Gasteiger partial charge is 0.497 e. The number of benzene rings is 1. The van der Waals surface area contributed by atoms with Gasteiger partial charge in [0.15, 0.2) is 0 Å². The number of rotatable bonds is 7.